The van der Waals surface area contributed by atoms with Crippen molar-refractivity contribution in [3.05, 3.63) is 63.8 Å². The topological polar surface area (TPSA) is 63.1 Å². The van der Waals surface area contributed by atoms with Gasteiger partial charge in [0.15, 0.2) is 0 Å². The number of aryl methyl sites for hydroxylation is 1. The van der Waals surface area contributed by atoms with Crippen molar-refractivity contribution in [2.24, 2.45) is 5.92 Å². The Labute approximate surface area is 179 Å². The number of rotatable bonds is 3. The van der Waals surface area contributed by atoms with Crippen LogP contribution in [0.2, 0.25) is 10.0 Å². The maximum absolute atomic E-state index is 13.2. The quantitative estimate of drug-likeness (QED) is 0.623. The summed E-state index contributed by atoms with van der Waals surface area (Å²) in [5.41, 5.74) is 2.49. The Hall–Kier alpha value is -2.34. The lowest BCUT2D eigenvalue weighted by molar-refractivity contribution is -0.120. The van der Waals surface area contributed by atoms with Crippen LogP contribution in [0.25, 0.3) is 10.9 Å². The van der Waals surface area contributed by atoms with E-state index in [0.29, 0.717) is 22.3 Å². The molecular formula is C22H21Cl2N3O2. The summed E-state index contributed by atoms with van der Waals surface area (Å²) in [6, 6.07) is 12.4. The molecule has 1 aromatic heterocycles. The fourth-order valence-electron chi connectivity index (χ4n) is 3.83. The summed E-state index contributed by atoms with van der Waals surface area (Å²) in [6.45, 7) is 3.53. The van der Waals surface area contributed by atoms with Crippen LogP contribution in [0, 0.1) is 12.8 Å². The molecule has 0 bridgehead atoms. The zero-order valence-corrected chi connectivity index (χ0v) is 17.5. The Bertz CT molecular complexity index is 1080. The minimum Gasteiger partial charge on any atom is -0.326 e. The number of anilines is 1. The molecule has 0 spiro atoms. The highest BCUT2D eigenvalue weighted by Gasteiger charge is 2.22. The fraction of sp³-hybridized carbons (Fsp3) is 0.273. The molecule has 29 heavy (non-hydrogen) atoms. The molecule has 2 heterocycles. The van der Waals surface area contributed by atoms with E-state index in [9.17, 15) is 9.59 Å². The Morgan fingerprint density at radius 2 is 1.90 bits per heavy atom. The number of halogens is 2. The van der Waals surface area contributed by atoms with Gasteiger partial charge in [0.2, 0.25) is 5.91 Å². The zero-order valence-electron chi connectivity index (χ0n) is 16.0. The molecule has 1 aliphatic heterocycles. The van der Waals surface area contributed by atoms with Gasteiger partial charge < -0.3 is 10.6 Å². The molecule has 1 saturated heterocycles. The average Bonchev–Trinajstić information content (AvgIpc) is 3.03. The number of carbonyl (C=O) groups excluding carboxylic acids is 2. The average molecular weight is 430 g/mol. The minimum atomic E-state index is -0.279. The van der Waals surface area contributed by atoms with Crippen LogP contribution >= 0.6 is 23.2 Å². The largest absolute Gasteiger partial charge is 0.326 e. The lowest BCUT2D eigenvalue weighted by atomic mass is 9.99. The summed E-state index contributed by atoms with van der Waals surface area (Å²) in [5.74, 6) is -0.278. The van der Waals surface area contributed by atoms with E-state index < -0.39 is 0 Å². The van der Waals surface area contributed by atoms with Gasteiger partial charge in [-0.2, -0.15) is 0 Å². The van der Waals surface area contributed by atoms with Gasteiger partial charge in [-0.3, -0.25) is 14.2 Å². The molecule has 1 atom stereocenters. The molecular weight excluding hydrogens is 409 g/mol. The third kappa shape index (κ3) is 3.90. The summed E-state index contributed by atoms with van der Waals surface area (Å²) in [4.78, 5) is 25.7. The van der Waals surface area contributed by atoms with Gasteiger partial charge in [-0.05, 0) is 62.7 Å². The minimum absolute atomic E-state index is 0.0188. The summed E-state index contributed by atoms with van der Waals surface area (Å²) >= 11 is 12.5. The zero-order chi connectivity index (χ0) is 20.5. The van der Waals surface area contributed by atoms with Crippen molar-refractivity contribution in [2.75, 3.05) is 18.4 Å². The lowest BCUT2D eigenvalue weighted by Crippen LogP contribution is -2.37. The highest BCUT2D eigenvalue weighted by Crippen LogP contribution is 2.29. The van der Waals surface area contributed by atoms with Crippen LogP contribution in [-0.4, -0.2) is 29.5 Å². The summed E-state index contributed by atoms with van der Waals surface area (Å²) in [6.07, 6.45) is 1.90. The Morgan fingerprint density at radius 3 is 2.59 bits per heavy atom. The SMILES string of the molecule is Cc1cc2cc(NC(=O)C3CCCNC3)ccc2n1C(=O)c1c(Cl)cccc1Cl. The lowest BCUT2D eigenvalue weighted by Gasteiger charge is -2.21. The van der Waals surface area contributed by atoms with E-state index in [2.05, 4.69) is 10.6 Å². The molecule has 7 heteroatoms. The van der Waals surface area contributed by atoms with Crippen LogP contribution in [0.4, 0.5) is 5.69 Å². The van der Waals surface area contributed by atoms with Gasteiger partial charge in [-0.1, -0.05) is 29.3 Å². The number of amides is 1. The molecule has 0 radical (unpaired) electrons. The van der Waals surface area contributed by atoms with Gasteiger partial charge in [0, 0.05) is 23.3 Å². The van der Waals surface area contributed by atoms with Crippen LogP contribution in [0.3, 0.4) is 0 Å². The predicted molar refractivity (Wildman–Crippen MR) is 117 cm³/mol. The van der Waals surface area contributed by atoms with Gasteiger partial charge >= 0.3 is 0 Å². The van der Waals surface area contributed by atoms with Crippen LogP contribution < -0.4 is 10.6 Å². The van der Waals surface area contributed by atoms with E-state index in [-0.39, 0.29) is 23.3 Å². The number of fused-ring (bicyclic) bond motifs is 1. The second kappa shape index (κ2) is 8.19. The highest BCUT2D eigenvalue weighted by molar-refractivity contribution is 6.40. The van der Waals surface area contributed by atoms with E-state index in [1.165, 1.54) is 0 Å². The highest BCUT2D eigenvalue weighted by atomic mass is 35.5. The van der Waals surface area contributed by atoms with E-state index in [4.69, 9.17) is 23.2 Å². The summed E-state index contributed by atoms with van der Waals surface area (Å²) in [5, 5.41) is 7.74. The maximum Gasteiger partial charge on any atom is 0.265 e. The first-order valence-electron chi connectivity index (χ1n) is 9.58. The standard InChI is InChI=1S/C22H21Cl2N3O2/c1-13-10-15-11-16(26-21(28)14-4-3-9-25-12-14)7-8-19(15)27(13)22(29)20-17(23)5-2-6-18(20)24/h2,5-8,10-11,14,25H,3-4,9,12H2,1H3,(H,26,28). The normalized spacial score (nSPS) is 16.7. The monoisotopic (exact) mass is 429 g/mol. The number of carbonyl (C=O) groups is 2. The Kier molecular flexibility index (Phi) is 5.63. The number of nitrogens with zero attached hydrogens (tertiary/aromatic N) is 1. The van der Waals surface area contributed by atoms with Crippen molar-refractivity contribution in [3.63, 3.8) is 0 Å². The van der Waals surface area contributed by atoms with Crippen LogP contribution in [0.15, 0.2) is 42.5 Å². The summed E-state index contributed by atoms with van der Waals surface area (Å²) < 4.78 is 1.60. The van der Waals surface area contributed by atoms with Crippen molar-refractivity contribution < 1.29 is 9.59 Å². The van der Waals surface area contributed by atoms with Gasteiger partial charge in [-0.25, -0.2) is 0 Å². The van der Waals surface area contributed by atoms with Crippen LogP contribution in [0.1, 0.15) is 28.9 Å². The molecule has 0 saturated carbocycles. The van der Waals surface area contributed by atoms with E-state index >= 15 is 0 Å². The molecule has 1 fully saturated rings. The predicted octanol–water partition coefficient (Wildman–Crippen LogP) is 4.88. The third-order valence-corrected chi connectivity index (χ3v) is 5.93. The molecule has 1 unspecified atom stereocenters. The number of nitrogens with one attached hydrogen (secondary N) is 2. The van der Waals surface area contributed by atoms with Crippen molar-refractivity contribution >= 4 is 51.6 Å². The molecule has 4 rings (SSSR count). The van der Waals surface area contributed by atoms with Gasteiger partial charge in [-0.15, -0.1) is 0 Å². The van der Waals surface area contributed by atoms with Crippen molar-refractivity contribution in [3.8, 4) is 0 Å². The number of hydrogen-bond donors (Lipinski definition) is 2. The second-order valence-electron chi connectivity index (χ2n) is 7.33. The number of aromatic nitrogens is 1. The first kappa shape index (κ1) is 20.0. The maximum atomic E-state index is 13.2. The fourth-order valence-corrected chi connectivity index (χ4v) is 4.39. The number of hydrogen-bond acceptors (Lipinski definition) is 3. The molecule has 150 valence electrons. The first-order valence-corrected chi connectivity index (χ1v) is 10.3. The molecule has 5 nitrogen and oxygen atoms in total. The van der Waals surface area contributed by atoms with Gasteiger partial charge in [0.1, 0.15) is 0 Å². The molecule has 1 amide bonds. The molecule has 2 N–H and O–H groups in total. The van der Waals surface area contributed by atoms with E-state index in [1.54, 1.807) is 22.8 Å². The van der Waals surface area contributed by atoms with Crippen molar-refractivity contribution in [1.82, 2.24) is 9.88 Å². The van der Waals surface area contributed by atoms with Crippen LogP contribution in [0.5, 0.6) is 0 Å². The van der Waals surface area contributed by atoms with E-state index in [0.717, 1.165) is 36.0 Å². The smallest absolute Gasteiger partial charge is 0.265 e. The molecule has 1 aliphatic rings. The Morgan fingerprint density at radius 1 is 1.14 bits per heavy atom. The molecule has 3 aromatic rings. The number of piperidine rings is 1. The summed E-state index contributed by atoms with van der Waals surface area (Å²) in [7, 11) is 0. The van der Waals surface area contributed by atoms with Gasteiger partial charge in [0.25, 0.3) is 5.91 Å². The third-order valence-electron chi connectivity index (χ3n) is 5.30. The van der Waals surface area contributed by atoms with E-state index in [1.807, 2.05) is 31.2 Å². The van der Waals surface area contributed by atoms with Crippen LogP contribution in [-0.2, 0) is 4.79 Å². The number of benzene rings is 2. The second-order valence-corrected chi connectivity index (χ2v) is 8.14. The Balaban J connectivity index is 1.65. The van der Waals surface area contributed by atoms with Crippen molar-refractivity contribution in [2.45, 2.75) is 19.8 Å². The first-order chi connectivity index (χ1) is 14.0. The van der Waals surface area contributed by atoms with Crippen molar-refractivity contribution in [1.29, 1.82) is 0 Å². The molecule has 0 aliphatic carbocycles. The molecule has 2 aromatic carbocycles. The van der Waals surface area contributed by atoms with Gasteiger partial charge in [0.05, 0.1) is 27.0 Å².